The standard InChI is InChI=1S/C14H23N3O4S/c1-4-12-6-5-9-17(12)13(18)7-8-15-22(19,20)14-10(2)16-21-11(14)3/h12,15H,4-9H2,1-3H3. The maximum absolute atomic E-state index is 12.2. The van der Waals surface area contributed by atoms with E-state index < -0.39 is 10.0 Å². The lowest BCUT2D eigenvalue weighted by Crippen LogP contribution is -2.37. The molecule has 1 atom stereocenters. The van der Waals surface area contributed by atoms with Gasteiger partial charge in [-0.25, -0.2) is 13.1 Å². The zero-order valence-corrected chi connectivity index (χ0v) is 14.1. The minimum absolute atomic E-state index is 0.00538. The Labute approximate surface area is 131 Å². The molecule has 0 bridgehead atoms. The highest BCUT2D eigenvalue weighted by Crippen LogP contribution is 2.21. The summed E-state index contributed by atoms with van der Waals surface area (Å²) < 4.78 is 31.8. The summed E-state index contributed by atoms with van der Waals surface area (Å²) in [5, 5.41) is 3.64. The van der Waals surface area contributed by atoms with Crippen molar-refractivity contribution in [2.45, 2.75) is 57.4 Å². The van der Waals surface area contributed by atoms with Gasteiger partial charge in [0.1, 0.15) is 10.6 Å². The Morgan fingerprint density at radius 2 is 2.18 bits per heavy atom. The molecule has 2 heterocycles. The van der Waals surface area contributed by atoms with E-state index in [4.69, 9.17) is 4.52 Å². The molecule has 1 unspecified atom stereocenters. The van der Waals surface area contributed by atoms with Crippen LogP contribution in [-0.4, -0.2) is 43.5 Å². The molecule has 124 valence electrons. The normalized spacial score (nSPS) is 18.9. The van der Waals surface area contributed by atoms with Crippen LogP contribution in [0.3, 0.4) is 0 Å². The average Bonchev–Trinajstić information content (AvgIpc) is 3.05. The number of carbonyl (C=O) groups is 1. The fourth-order valence-electron chi connectivity index (χ4n) is 2.95. The number of rotatable bonds is 6. The number of hydrogen-bond donors (Lipinski definition) is 1. The van der Waals surface area contributed by atoms with E-state index in [0.29, 0.717) is 11.7 Å². The van der Waals surface area contributed by atoms with Gasteiger partial charge in [0, 0.05) is 25.6 Å². The van der Waals surface area contributed by atoms with Crippen LogP contribution in [0.25, 0.3) is 0 Å². The van der Waals surface area contributed by atoms with Gasteiger partial charge in [0.25, 0.3) is 0 Å². The van der Waals surface area contributed by atoms with Crippen molar-refractivity contribution in [2.24, 2.45) is 0 Å². The SMILES string of the molecule is CCC1CCCN1C(=O)CCNS(=O)(=O)c1c(C)noc1C. The van der Waals surface area contributed by atoms with E-state index in [9.17, 15) is 13.2 Å². The summed E-state index contributed by atoms with van der Waals surface area (Å²) in [6, 6.07) is 0.298. The van der Waals surface area contributed by atoms with Crippen molar-refractivity contribution in [3.8, 4) is 0 Å². The summed E-state index contributed by atoms with van der Waals surface area (Å²) in [6.45, 7) is 6.05. The first kappa shape index (κ1) is 17.0. The van der Waals surface area contributed by atoms with E-state index in [-0.39, 0.29) is 29.5 Å². The van der Waals surface area contributed by atoms with E-state index in [1.807, 2.05) is 4.90 Å². The van der Waals surface area contributed by atoms with Gasteiger partial charge in [0.15, 0.2) is 5.76 Å². The van der Waals surface area contributed by atoms with Gasteiger partial charge < -0.3 is 9.42 Å². The maximum atomic E-state index is 12.2. The van der Waals surface area contributed by atoms with Crippen LogP contribution < -0.4 is 4.72 Å². The predicted octanol–water partition coefficient (Wildman–Crippen LogP) is 1.36. The molecule has 1 amide bonds. The van der Waals surface area contributed by atoms with Gasteiger partial charge in [-0.1, -0.05) is 12.1 Å². The van der Waals surface area contributed by atoms with E-state index >= 15 is 0 Å². The third kappa shape index (κ3) is 3.49. The van der Waals surface area contributed by atoms with E-state index in [1.54, 1.807) is 13.8 Å². The molecular weight excluding hydrogens is 306 g/mol. The second-order valence-electron chi connectivity index (χ2n) is 5.59. The Kier molecular flexibility index (Phi) is 5.23. The minimum atomic E-state index is -3.69. The van der Waals surface area contributed by atoms with E-state index in [0.717, 1.165) is 25.8 Å². The van der Waals surface area contributed by atoms with Crippen LogP contribution in [0.2, 0.25) is 0 Å². The maximum Gasteiger partial charge on any atom is 0.245 e. The number of nitrogens with one attached hydrogen (secondary N) is 1. The lowest BCUT2D eigenvalue weighted by atomic mass is 10.1. The molecule has 0 aliphatic carbocycles. The molecule has 1 saturated heterocycles. The molecule has 1 aromatic heterocycles. The Bertz CT molecular complexity index is 619. The summed E-state index contributed by atoms with van der Waals surface area (Å²) in [5.74, 6) is 0.257. The number of aromatic nitrogens is 1. The molecular formula is C14H23N3O4S. The van der Waals surface area contributed by atoms with Crippen LogP contribution in [-0.2, 0) is 14.8 Å². The average molecular weight is 329 g/mol. The Balaban J connectivity index is 1.92. The zero-order chi connectivity index (χ0) is 16.3. The predicted molar refractivity (Wildman–Crippen MR) is 80.8 cm³/mol. The number of likely N-dealkylation sites (tertiary alicyclic amines) is 1. The van der Waals surface area contributed by atoms with Crippen molar-refractivity contribution in [1.29, 1.82) is 0 Å². The van der Waals surface area contributed by atoms with E-state index in [1.165, 1.54) is 0 Å². The fraction of sp³-hybridized carbons (Fsp3) is 0.714. The van der Waals surface area contributed by atoms with E-state index in [2.05, 4.69) is 16.8 Å². The smallest absolute Gasteiger partial charge is 0.245 e. The number of carbonyl (C=O) groups excluding carboxylic acids is 1. The first-order valence-electron chi connectivity index (χ1n) is 7.58. The van der Waals surface area contributed by atoms with Crippen molar-refractivity contribution in [3.05, 3.63) is 11.5 Å². The first-order valence-corrected chi connectivity index (χ1v) is 9.07. The number of sulfonamides is 1. The van der Waals surface area contributed by atoms with Gasteiger partial charge in [0.05, 0.1) is 0 Å². The van der Waals surface area contributed by atoms with Crippen molar-refractivity contribution >= 4 is 15.9 Å². The Hall–Kier alpha value is -1.41. The second kappa shape index (κ2) is 6.78. The van der Waals surface area contributed by atoms with Crippen LogP contribution in [0.15, 0.2) is 9.42 Å². The van der Waals surface area contributed by atoms with Crippen LogP contribution >= 0.6 is 0 Å². The third-order valence-corrected chi connectivity index (χ3v) is 5.74. The molecule has 1 aliphatic heterocycles. The zero-order valence-electron chi connectivity index (χ0n) is 13.3. The molecule has 22 heavy (non-hydrogen) atoms. The van der Waals surface area contributed by atoms with Gasteiger partial charge in [0.2, 0.25) is 15.9 Å². The molecule has 1 N–H and O–H groups in total. The van der Waals surface area contributed by atoms with Gasteiger partial charge in [-0.3, -0.25) is 4.79 Å². The summed E-state index contributed by atoms with van der Waals surface area (Å²) in [6.07, 6.45) is 3.16. The first-order chi connectivity index (χ1) is 10.4. The van der Waals surface area contributed by atoms with Gasteiger partial charge in [-0.15, -0.1) is 0 Å². The molecule has 2 rings (SSSR count). The largest absolute Gasteiger partial charge is 0.360 e. The van der Waals surface area contributed by atoms with Gasteiger partial charge in [-0.2, -0.15) is 0 Å². The van der Waals surface area contributed by atoms with Crippen molar-refractivity contribution < 1.29 is 17.7 Å². The highest BCUT2D eigenvalue weighted by atomic mass is 32.2. The number of aryl methyl sites for hydroxylation is 2. The highest BCUT2D eigenvalue weighted by molar-refractivity contribution is 7.89. The lowest BCUT2D eigenvalue weighted by molar-refractivity contribution is -0.131. The fourth-order valence-corrected chi connectivity index (χ4v) is 4.31. The number of nitrogens with zero attached hydrogens (tertiary/aromatic N) is 2. The highest BCUT2D eigenvalue weighted by Gasteiger charge is 2.28. The van der Waals surface area contributed by atoms with Crippen molar-refractivity contribution in [1.82, 2.24) is 14.8 Å². The monoisotopic (exact) mass is 329 g/mol. The second-order valence-corrected chi connectivity index (χ2v) is 7.30. The number of hydrogen-bond acceptors (Lipinski definition) is 5. The summed E-state index contributed by atoms with van der Waals surface area (Å²) >= 11 is 0. The van der Waals surface area contributed by atoms with Crippen molar-refractivity contribution in [2.75, 3.05) is 13.1 Å². The van der Waals surface area contributed by atoms with Crippen LogP contribution in [0, 0.1) is 13.8 Å². The summed E-state index contributed by atoms with van der Waals surface area (Å²) in [4.78, 5) is 14.1. The topological polar surface area (TPSA) is 92.5 Å². The van der Waals surface area contributed by atoms with Crippen LogP contribution in [0.5, 0.6) is 0 Å². The van der Waals surface area contributed by atoms with Crippen molar-refractivity contribution in [3.63, 3.8) is 0 Å². The van der Waals surface area contributed by atoms with Crippen LogP contribution in [0.1, 0.15) is 44.1 Å². The van der Waals surface area contributed by atoms with Crippen LogP contribution in [0.4, 0.5) is 0 Å². The Morgan fingerprint density at radius 3 is 2.77 bits per heavy atom. The molecule has 0 saturated carbocycles. The lowest BCUT2D eigenvalue weighted by Gasteiger charge is -2.23. The Morgan fingerprint density at radius 1 is 1.45 bits per heavy atom. The molecule has 7 nitrogen and oxygen atoms in total. The summed E-state index contributed by atoms with van der Waals surface area (Å²) in [7, 11) is -3.69. The van der Waals surface area contributed by atoms with Gasteiger partial charge >= 0.3 is 0 Å². The summed E-state index contributed by atoms with van der Waals surface area (Å²) in [5.41, 5.74) is 0.321. The molecule has 0 aromatic carbocycles. The molecule has 1 aromatic rings. The molecule has 0 spiro atoms. The molecule has 0 radical (unpaired) electrons. The minimum Gasteiger partial charge on any atom is -0.360 e. The quantitative estimate of drug-likeness (QED) is 0.850. The molecule has 8 heteroatoms. The third-order valence-electron chi connectivity index (χ3n) is 4.04. The molecule has 1 fully saturated rings. The number of amides is 1. The van der Waals surface area contributed by atoms with Gasteiger partial charge in [-0.05, 0) is 33.1 Å². The molecule has 1 aliphatic rings.